The van der Waals surface area contributed by atoms with E-state index < -0.39 is 12.1 Å². The first-order valence-corrected chi connectivity index (χ1v) is 7.18. The molecule has 1 atom stereocenters. The maximum atomic E-state index is 10.9. The molecule has 1 unspecified atom stereocenters. The van der Waals surface area contributed by atoms with E-state index in [0.717, 1.165) is 15.6 Å². The largest absolute Gasteiger partial charge is 0.479 e. The van der Waals surface area contributed by atoms with Gasteiger partial charge in [0.2, 0.25) is 0 Å². The normalized spacial score (nSPS) is 16.2. The Morgan fingerprint density at radius 3 is 2.84 bits per heavy atom. The van der Waals surface area contributed by atoms with Crippen molar-refractivity contribution in [1.29, 1.82) is 0 Å². The predicted octanol–water partition coefficient (Wildman–Crippen LogP) is 2.86. The van der Waals surface area contributed by atoms with Crippen molar-refractivity contribution < 1.29 is 14.6 Å². The van der Waals surface area contributed by atoms with Gasteiger partial charge in [0.05, 0.1) is 0 Å². The summed E-state index contributed by atoms with van der Waals surface area (Å²) in [5.74, 6) is -0.283. The van der Waals surface area contributed by atoms with Crippen LogP contribution in [0.3, 0.4) is 0 Å². The molecule has 0 aliphatic heterocycles. The Morgan fingerprint density at radius 1 is 1.58 bits per heavy atom. The number of hydrogen-bond acceptors (Lipinski definition) is 3. The third-order valence-electron chi connectivity index (χ3n) is 3.12. The lowest BCUT2D eigenvalue weighted by Gasteiger charge is -2.18. The number of rotatable bonds is 6. The van der Waals surface area contributed by atoms with E-state index in [1.807, 2.05) is 19.1 Å². The average Bonchev–Trinajstić information content (AvgIpc) is 3.13. The molecule has 1 aromatic carbocycles. The van der Waals surface area contributed by atoms with E-state index in [0.29, 0.717) is 18.3 Å². The van der Waals surface area contributed by atoms with Crippen LogP contribution in [0, 0.1) is 6.92 Å². The van der Waals surface area contributed by atoms with Crippen molar-refractivity contribution in [2.45, 2.75) is 45.4 Å². The molecule has 0 bridgehead atoms. The molecule has 4 nitrogen and oxygen atoms in total. The standard InChI is InChI=1S/C14H18BrNO3/c1-8-5-11(15)6-10(7-16-12-3-4-12)13(8)19-9(2)14(17)18/h5-6,9,12,16H,3-4,7H2,1-2H3,(H,17,18). The lowest BCUT2D eigenvalue weighted by atomic mass is 10.1. The van der Waals surface area contributed by atoms with E-state index in [-0.39, 0.29) is 0 Å². The number of carboxylic acids is 1. The molecule has 104 valence electrons. The van der Waals surface area contributed by atoms with Gasteiger partial charge in [-0.25, -0.2) is 4.79 Å². The Bertz CT molecular complexity index is 486. The van der Waals surface area contributed by atoms with Crippen LogP contribution < -0.4 is 10.1 Å². The zero-order chi connectivity index (χ0) is 14.0. The second kappa shape index (κ2) is 5.92. The molecule has 0 radical (unpaired) electrons. The Labute approximate surface area is 121 Å². The summed E-state index contributed by atoms with van der Waals surface area (Å²) in [6.45, 7) is 4.17. The summed E-state index contributed by atoms with van der Waals surface area (Å²) in [5, 5.41) is 12.4. The first-order valence-electron chi connectivity index (χ1n) is 6.39. The van der Waals surface area contributed by atoms with Crippen LogP contribution in [0.2, 0.25) is 0 Å². The molecule has 0 saturated heterocycles. The molecule has 1 fully saturated rings. The summed E-state index contributed by atoms with van der Waals surface area (Å²) in [4.78, 5) is 10.9. The zero-order valence-electron chi connectivity index (χ0n) is 11.1. The van der Waals surface area contributed by atoms with E-state index in [1.165, 1.54) is 12.8 Å². The molecule has 1 saturated carbocycles. The van der Waals surface area contributed by atoms with Crippen molar-refractivity contribution in [1.82, 2.24) is 5.32 Å². The second-order valence-electron chi connectivity index (χ2n) is 4.96. The van der Waals surface area contributed by atoms with E-state index >= 15 is 0 Å². The molecular weight excluding hydrogens is 310 g/mol. The number of hydrogen-bond donors (Lipinski definition) is 2. The fourth-order valence-corrected chi connectivity index (χ4v) is 2.49. The summed E-state index contributed by atoms with van der Waals surface area (Å²) < 4.78 is 6.56. The van der Waals surface area contributed by atoms with Crippen LogP contribution in [0.4, 0.5) is 0 Å². The number of carbonyl (C=O) groups is 1. The van der Waals surface area contributed by atoms with Crippen LogP contribution in [0.1, 0.15) is 30.9 Å². The Kier molecular flexibility index (Phi) is 4.47. The molecule has 1 aliphatic carbocycles. The summed E-state index contributed by atoms with van der Waals surface area (Å²) in [7, 11) is 0. The summed E-state index contributed by atoms with van der Waals surface area (Å²) >= 11 is 3.47. The fraction of sp³-hybridized carbons (Fsp3) is 0.500. The Morgan fingerprint density at radius 2 is 2.26 bits per heavy atom. The van der Waals surface area contributed by atoms with Gasteiger partial charge in [-0.1, -0.05) is 15.9 Å². The zero-order valence-corrected chi connectivity index (χ0v) is 12.7. The molecule has 5 heteroatoms. The van der Waals surface area contributed by atoms with Crippen LogP contribution in [0.5, 0.6) is 5.75 Å². The number of halogens is 1. The predicted molar refractivity (Wildman–Crippen MR) is 76.5 cm³/mol. The van der Waals surface area contributed by atoms with Crippen molar-refractivity contribution in [3.8, 4) is 5.75 Å². The van der Waals surface area contributed by atoms with E-state index in [2.05, 4.69) is 21.2 Å². The lowest BCUT2D eigenvalue weighted by Crippen LogP contribution is -2.25. The topological polar surface area (TPSA) is 58.6 Å². The smallest absolute Gasteiger partial charge is 0.344 e. The highest BCUT2D eigenvalue weighted by molar-refractivity contribution is 9.10. The number of aryl methyl sites for hydroxylation is 1. The number of aliphatic carboxylic acids is 1. The van der Waals surface area contributed by atoms with E-state index in [9.17, 15) is 4.79 Å². The van der Waals surface area contributed by atoms with Gasteiger partial charge in [0.1, 0.15) is 5.75 Å². The van der Waals surface area contributed by atoms with Gasteiger partial charge in [-0.2, -0.15) is 0 Å². The molecule has 0 amide bonds. The molecule has 2 rings (SSSR count). The fourth-order valence-electron chi connectivity index (χ4n) is 1.87. The van der Waals surface area contributed by atoms with Crippen LogP contribution in [0.25, 0.3) is 0 Å². The highest BCUT2D eigenvalue weighted by Gasteiger charge is 2.22. The van der Waals surface area contributed by atoms with Gasteiger partial charge in [-0.15, -0.1) is 0 Å². The highest BCUT2D eigenvalue weighted by Crippen LogP contribution is 2.30. The lowest BCUT2D eigenvalue weighted by molar-refractivity contribution is -0.144. The van der Waals surface area contributed by atoms with Crippen molar-refractivity contribution in [2.24, 2.45) is 0 Å². The SMILES string of the molecule is Cc1cc(Br)cc(CNC2CC2)c1OC(C)C(=O)O. The average molecular weight is 328 g/mol. The number of nitrogens with one attached hydrogen (secondary N) is 1. The maximum absolute atomic E-state index is 10.9. The van der Waals surface area contributed by atoms with Crippen molar-refractivity contribution in [3.05, 3.63) is 27.7 Å². The van der Waals surface area contributed by atoms with Crippen LogP contribution in [-0.4, -0.2) is 23.2 Å². The summed E-state index contributed by atoms with van der Waals surface area (Å²) in [6.07, 6.45) is 1.59. The number of carboxylic acid groups (broad SMARTS) is 1. The molecule has 1 aliphatic rings. The Hall–Kier alpha value is -1.07. The third-order valence-corrected chi connectivity index (χ3v) is 3.58. The minimum atomic E-state index is -0.955. The minimum absolute atomic E-state index is 0.601. The minimum Gasteiger partial charge on any atom is -0.479 e. The maximum Gasteiger partial charge on any atom is 0.344 e. The molecule has 1 aromatic rings. The van der Waals surface area contributed by atoms with Crippen molar-refractivity contribution >= 4 is 21.9 Å². The van der Waals surface area contributed by atoms with Gasteiger partial charge >= 0.3 is 5.97 Å². The third kappa shape index (κ3) is 3.94. The van der Waals surface area contributed by atoms with Gasteiger partial charge in [-0.3, -0.25) is 0 Å². The molecule has 0 aromatic heterocycles. The monoisotopic (exact) mass is 327 g/mol. The first-order chi connectivity index (χ1) is 8.97. The van der Waals surface area contributed by atoms with Gasteiger partial charge < -0.3 is 15.2 Å². The van der Waals surface area contributed by atoms with Crippen molar-refractivity contribution in [2.75, 3.05) is 0 Å². The second-order valence-corrected chi connectivity index (χ2v) is 5.88. The highest BCUT2D eigenvalue weighted by atomic mass is 79.9. The number of benzene rings is 1. The molecule has 0 spiro atoms. The van der Waals surface area contributed by atoms with Crippen LogP contribution in [0.15, 0.2) is 16.6 Å². The summed E-state index contributed by atoms with van der Waals surface area (Å²) in [6, 6.07) is 4.51. The first kappa shape index (κ1) is 14.3. The van der Waals surface area contributed by atoms with E-state index in [4.69, 9.17) is 9.84 Å². The molecular formula is C14H18BrNO3. The quantitative estimate of drug-likeness (QED) is 0.843. The van der Waals surface area contributed by atoms with Gasteiger partial charge in [0.15, 0.2) is 6.10 Å². The number of ether oxygens (including phenoxy) is 1. The van der Waals surface area contributed by atoms with E-state index in [1.54, 1.807) is 6.92 Å². The van der Waals surface area contributed by atoms with Gasteiger partial charge in [0, 0.05) is 22.6 Å². The molecule has 0 heterocycles. The Balaban J connectivity index is 2.19. The van der Waals surface area contributed by atoms with Gasteiger partial charge in [0.25, 0.3) is 0 Å². The van der Waals surface area contributed by atoms with Crippen LogP contribution in [-0.2, 0) is 11.3 Å². The molecule has 2 N–H and O–H groups in total. The van der Waals surface area contributed by atoms with Crippen LogP contribution >= 0.6 is 15.9 Å². The van der Waals surface area contributed by atoms with Gasteiger partial charge in [-0.05, 0) is 44.4 Å². The summed E-state index contributed by atoms with van der Waals surface area (Å²) in [5.41, 5.74) is 1.93. The molecule has 19 heavy (non-hydrogen) atoms. The van der Waals surface area contributed by atoms with Crippen molar-refractivity contribution in [3.63, 3.8) is 0 Å².